The van der Waals surface area contributed by atoms with Crippen LogP contribution >= 0.6 is 0 Å². The van der Waals surface area contributed by atoms with Gasteiger partial charge in [0, 0.05) is 12.8 Å². The second-order valence-corrected chi connectivity index (χ2v) is 16.5. The van der Waals surface area contributed by atoms with E-state index in [1.807, 2.05) is 12.2 Å². The van der Waals surface area contributed by atoms with Crippen LogP contribution in [0.1, 0.15) is 251 Å². The highest BCUT2D eigenvalue weighted by molar-refractivity contribution is 5.70. The largest absolute Gasteiger partial charge is 0.462 e. The summed E-state index contributed by atoms with van der Waals surface area (Å²) >= 11 is 0. The highest BCUT2D eigenvalue weighted by Gasteiger charge is 2.15. The second-order valence-electron chi connectivity index (χ2n) is 16.5. The number of carbonyl (C=O) groups excluding carboxylic acids is 2. The topological polar surface area (TPSA) is 72.8 Å². The molecule has 0 saturated carbocycles. The van der Waals surface area contributed by atoms with E-state index in [0.29, 0.717) is 12.8 Å². The van der Waals surface area contributed by atoms with E-state index in [0.717, 1.165) is 44.9 Å². The van der Waals surface area contributed by atoms with Crippen molar-refractivity contribution in [1.29, 1.82) is 0 Å². The van der Waals surface area contributed by atoms with Crippen LogP contribution in [0.2, 0.25) is 0 Å². The monoisotopic (exact) mass is 799 g/mol. The zero-order valence-corrected chi connectivity index (χ0v) is 37.9. The molecule has 0 spiro atoms. The summed E-state index contributed by atoms with van der Waals surface area (Å²) in [5.41, 5.74) is 0. The van der Waals surface area contributed by atoms with E-state index in [2.05, 4.69) is 50.3 Å². The number of allylic oxidation sites excluding steroid dienone is 8. The number of ether oxygens (including phenoxy) is 2. The first-order chi connectivity index (χ1) is 28.1. The highest BCUT2D eigenvalue weighted by Crippen LogP contribution is 2.17. The van der Waals surface area contributed by atoms with E-state index >= 15 is 0 Å². The van der Waals surface area contributed by atoms with Crippen molar-refractivity contribution in [3.05, 3.63) is 48.6 Å². The molecule has 0 heterocycles. The maximum Gasteiger partial charge on any atom is 0.306 e. The summed E-state index contributed by atoms with van der Waals surface area (Å²) in [6.45, 7) is 3.98. The molecule has 1 atom stereocenters. The van der Waals surface area contributed by atoms with Crippen molar-refractivity contribution >= 4 is 11.9 Å². The van der Waals surface area contributed by atoms with Gasteiger partial charge in [0.25, 0.3) is 0 Å². The molecular weight excluding hydrogens is 705 g/mol. The Morgan fingerprint density at radius 3 is 1.11 bits per heavy atom. The van der Waals surface area contributed by atoms with Gasteiger partial charge < -0.3 is 14.6 Å². The fraction of sp³-hybridized carbons (Fsp3) is 0.808. The Morgan fingerprint density at radius 2 is 0.754 bits per heavy atom. The van der Waals surface area contributed by atoms with Crippen LogP contribution in [0.25, 0.3) is 0 Å². The Hall–Kier alpha value is -2.14. The van der Waals surface area contributed by atoms with Gasteiger partial charge in [0.15, 0.2) is 6.10 Å². The molecule has 0 aromatic carbocycles. The molecule has 5 heteroatoms. The molecule has 0 aromatic heterocycles. The Bertz CT molecular complexity index is 950. The normalized spacial score (nSPS) is 12.5. The molecule has 1 unspecified atom stereocenters. The molecular formula is C52H94O5. The smallest absolute Gasteiger partial charge is 0.306 e. The molecule has 0 radical (unpaired) electrons. The minimum Gasteiger partial charge on any atom is -0.462 e. The maximum atomic E-state index is 12.2. The molecule has 5 nitrogen and oxygen atoms in total. The lowest BCUT2D eigenvalue weighted by Gasteiger charge is -2.15. The van der Waals surface area contributed by atoms with Gasteiger partial charge in [0.05, 0.1) is 6.61 Å². The number of esters is 2. The number of aliphatic hydroxyl groups excluding tert-OH is 1. The minimum absolute atomic E-state index is 0.0926. The van der Waals surface area contributed by atoms with E-state index in [-0.39, 0.29) is 25.6 Å². The van der Waals surface area contributed by atoms with Crippen LogP contribution in [0.5, 0.6) is 0 Å². The zero-order chi connectivity index (χ0) is 41.4. The fourth-order valence-corrected chi connectivity index (χ4v) is 7.22. The predicted molar refractivity (Wildman–Crippen MR) is 247 cm³/mol. The summed E-state index contributed by atoms with van der Waals surface area (Å²) in [6, 6.07) is 0. The van der Waals surface area contributed by atoms with E-state index in [1.165, 1.54) is 173 Å². The van der Waals surface area contributed by atoms with Crippen molar-refractivity contribution in [3.8, 4) is 0 Å². The SMILES string of the molecule is CC/C=C\C/C=C\C/C=C\C/C=C\CCC(=O)OC(CO)COC(=O)CCCCCCCCCCCCCCCCCCCCCCCCCCCCCCCC. The molecule has 0 aromatic rings. The van der Waals surface area contributed by atoms with E-state index < -0.39 is 12.1 Å². The van der Waals surface area contributed by atoms with E-state index in [1.54, 1.807) is 0 Å². The Morgan fingerprint density at radius 1 is 0.421 bits per heavy atom. The molecule has 332 valence electrons. The summed E-state index contributed by atoms with van der Waals surface area (Å²) in [5, 5.41) is 9.57. The molecule has 0 saturated heterocycles. The molecule has 0 amide bonds. The summed E-state index contributed by atoms with van der Waals surface area (Å²) in [6.07, 6.45) is 62.4. The zero-order valence-electron chi connectivity index (χ0n) is 37.9. The van der Waals surface area contributed by atoms with E-state index in [4.69, 9.17) is 9.47 Å². The first-order valence-corrected chi connectivity index (χ1v) is 24.7. The fourth-order valence-electron chi connectivity index (χ4n) is 7.22. The van der Waals surface area contributed by atoms with Crippen LogP contribution in [0.4, 0.5) is 0 Å². The van der Waals surface area contributed by atoms with Crippen molar-refractivity contribution < 1.29 is 24.2 Å². The van der Waals surface area contributed by atoms with E-state index in [9.17, 15) is 14.7 Å². The Balaban J connectivity index is 3.44. The molecule has 0 bridgehead atoms. The Labute approximate surface area is 354 Å². The van der Waals surface area contributed by atoms with Gasteiger partial charge in [-0.05, 0) is 38.5 Å². The first-order valence-electron chi connectivity index (χ1n) is 24.7. The van der Waals surface area contributed by atoms with Crippen molar-refractivity contribution in [2.75, 3.05) is 13.2 Å². The van der Waals surface area contributed by atoms with Crippen LogP contribution in [0.15, 0.2) is 48.6 Å². The third-order valence-corrected chi connectivity index (χ3v) is 10.9. The maximum absolute atomic E-state index is 12.2. The van der Waals surface area contributed by atoms with Gasteiger partial charge in [-0.2, -0.15) is 0 Å². The average molecular weight is 799 g/mol. The van der Waals surface area contributed by atoms with Crippen molar-refractivity contribution in [2.24, 2.45) is 0 Å². The third-order valence-electron chi connectivity index (χ3n) is 10.9. The van der Waals surface area contributed by atoms with Crippen LogP contribution in [0.3, 0.4) is 0 Å². The van der Waals surface area contributed by atoms with Crippen molar-refractivity contribution in [3.63, 3.8) is 0 Å². The van der Waals surface area contributed by atoms with Gasteiger partial charge >= 0.3 is 11.9 Å². The predicted octanol–water partition coefficient (Wildman–Crippen LogP) is 16.1. The summed E-state index contributed by atoms with van der Waals surface area (Å²) in [5.74, 6) is -0.678. The number of rotatable bonds is 45. The molecule has 57 heavy (non-hydrogen) atoms. The number of aliphatic hydroxyl groups is 1. The van der Waals surface area contributed by atoms with Crippen LogP contribution in [0, 0.1) is 0 Å². The van der Waals surface area contributed by atoms with Crippen LogP contribution in [-0.2, 0) is 19.1 Å². The van der Waals surface area contributed by atoms with Gasteiger partial charge in [-0.1, -0.05) is 249 Å². The van der Waals surface area contributed by atoms with Gasteiger partial charge in [0.2, 0.25) is 0 Å². The lowest BCUT2D eigenvalue weighted by atomic mass is 10.0. The summed E-state index contributed by atoms with van der Waals surface area (Å²) < 4.78 is 10.6. The number of hydrogen-bond donors (Lipinski definition) is 1. The second kappa shape index (κ2) is 48.2. The molecule has 0 rings (SSSR count). The molecule has 1 N–H and O–H groups in total. The van der Waals surface area contributed by atoms with Gasteiger partial charge in [-0.15, -0.1) is 0 Å². The minimum atomic E-state index is -0.808. The lowest BCUT2D eigenvalue weighted by molar-refractivity contribution is -0.161. The van der Waals surface area contributed by atoms with Crippen LogP contribution < -0.4 is 0 Å². The first kappa shape index (κ1) is 54.9. The van der Waals surface area contributed by atoms with Crippen molar-refractivity contribution in [1.82, 2.24) is 0 Å². The lowest BCUT2D eigenvalue weighted by Crippen LogP contribution is -2.28. The Kier molecular flexibility index (Phi) is 46.4. The quantitative estimate of drug-likeness (QED) is 0.0377. The average Bonchev–Trinajstić information content (AvgIpc) is 3.21. The number of hydrogen-bond acceptors (Lipinski definition) is 5. The van der Waals surface area contributed by atoms with Gasteiger partial charge in [-0.3, -0.25) is 9.59 Å². The van der Waals surface area contributed by atoms with Crippen molar-refractivity contribution in [2.45, 2.75) is 258 Å². The molecule has 0 aliphatic carbocycles. The number of unbranched alkanes of at least 4 members (excludes halogenated alkanes) is 29. The molecule has 0 aliphatic heterocycles. The third kappa shape index (κ3) is 46.4. The molecule has 0 aliphatic rings. The van der Waals surface area contributed by atoms with Crippen LogP contribution in [-0.4, -0.2) is 36.4 Å². The number of carbonyl (C=O) groups is 2. The highest BCUT2D eigenvalue weighted by atomic mass is 16.6. The van der Waals surface area contributed by atoms with Gasteiger partial charge in [-0.25, -0.2) is 0 Å². The molecule has 0 fully saturated rings. The van der Waals surface area contributed by atoms with Gasteiger partial charge in [0.1, 0.15) is 6.61 Å². The summed E-state index contributed by atoms with van der Waals surface area (Å²) in [7, 11) is 0. The standard InChI is InChI=1S/C52H94O5/c1-3-5-7-9-11-13-15-17-18-19-20-21-22-23-24-25-26-27-28-29-30-31-32-33-35-36-38-40-42-44-46-51(54)56-49-50(48-53)57-52(55)47-45-43-41-39-37-34-16-14-12-10-8-6-4-2/h6,8,12,14,34,37,41,43,50,53H,3-5,7,9-11,13,15-33,35-36,38-40,42,44-49H2,1-2H3/b8-6-,14-12-,37-34-,43-41-. The summed E-state index contributed by atoms with van der Waals surface area (Å²) in [4.78, 5) is 24.3.